The van der Waals surface area contributed by atoms with Crippen molar-refractivity contribution in [3.8, 4) is 6.07 Å². The summed E-state index contributed by atoms with van der Waals surface area (Å²) in [6.07, 6.45) is 3.78. The van der Waals surface area contributed by atoms with Gasteiger partial charge < -0.3 is 9.88 Å². The van der Waals surface area contributed by atoms with Crippen molar-refractivity contribution >= 4 is 22.8 Å². The van der Waals surface area contributed by atoms with Crippen LogP contribution in [0.2, 0.25) is 0 Å². The van der Waals surface area contributed by atoms with E-state index in [1.54, 1.807) is 12.4 Å². The van der Waals surface area contributed by atoms with E-state index >= 15 is 0 Å². The third-order valence-corrected chi connectivity index (χ3v) is 7.77. The minimum Gasteiger partial charge on any atom is -0.367 e. The fraction of sp³-hybridized carbons (Fsp3) is 0.400. The van der Waals surface area contributed by atoms with Gasteiger partial charge in [0.15, 0.2) is 5.82 Å². The zero-order chi connectivity index (χ0) is 29.0. The van der Waals surface area contributed by atoms with Crippen LogP contribution >= 0.6 is 0 Å². The van der Waals surface area contributed by atoms with Crippen molar-refractivity contribution < 1.29 is 13.2 Å². The van der Waals surface area contributed by atoms with Gasteiger partial charge in [0, 0.05) is 66.5 Å². The molecule has 0 spiro atoms. The average Bonchev–Trinajstić information content (AvgIpc) is 3.60. The number of halogens is 3. The summed E-state index contributed by atoms with van der Waals surface area (Å²) in [5.74, 6) is 1.05. The third-order valence-electron chi connectivity index (χ3n) is 7.77. The molecule has 41 heavy (non-hydrogen) atoms. The molecule has 1 aliphatic heterocycles. The lowest BCUT2D eigenvalue weighted by atomic mass is 10.0. The highest BCUT2D eigenvalue weighted by atomic mass is 19.4. The lowest BCUT2D eigenvalue weighted by Crippen LogP contribution is -2.39. The van der Waals surface area contributed by atoms with E-state index in [0.717, 1.165) is 48.9 Å². The van der Waals surface area contributed by atoms with Crippen LogP contribution in [0.4, 0.5) is 19.0 Å². The van der Waals surface area contributed by atoms with E-state index in [1.165, 1.54) is 17.2 Å². The number of likely N-dealkylation sites (tertiary alicyclic amines) is 1. The molecule has 11 heteroatoms. The molecule has 1 aliphatic rings. The summed E-state index contributed by atoms with van der Waals surface area (Å²) < 4.78 is 40.0. The molecule has 0 unspecified atom stereocenters. The van der Waals surface area contributed by atoms with Crippen LogP contribution < -0.4 is 5.32 Å². The Kier molecular flexibility index (Phi) is 8.40. The molecule has 5 rings (SSSR count). The van der Waals surface area contributed by atoms with Gasteiger partial charge in [0.1, 0.15) is 17.6 Å². The Labute approximate surface area is 236 Å². The second kappa shape index (κ2) is 12.1. The van der Waals surface area contributed by atoms with E-state index in [1.807, 2.05) is 16.8 Å². The SMILES string of the molecule is C=Cc1ncc(CCCC(F)(F)F)c(NC2CCN(Cc3ccc4c(cc(C#N)n4Cc4cn[nH]c4)c3C)CC2)n1. The Morgan fingerprint density at radius 2 is 2.00 bits per heavy atom. The predicted octanol–water partition coefficient (Wildman–Crippen LogP) is 5.99. The van der Waals surface area contributed by atoms with Crippen LogP contribution in [0.3, 0.4) is 0 Å². The van der Waals surface area contributed by atoms with E-state index in [4.69, 9.17) is 0 Å². The van der Waals surface area contributed by atoms with E-state index in [0.29, 0.717) is 29.4 Å². The van der Waals surface area contributed by atoms with E-state index in [9.17, 15) is 18.4 Å². The summed E-state index contributed by atoms with van der Waals surface area (Å²) in [5, 5.41) is 21.2. The highest BCUT2D eigenvalue weighted by Gasteiger charge is 2.27. The molecule has 4 aromatic rings. The maximum atomic E-state index is 12.7. The van der Waals surface area contributed by atoms with Gasteiger partial charge in [-0.3, -0.25) is 10.00 Å². The van der Waals surface area contributed by atoms with Crippen molar-refractivity contribution in [3.05, 3.63) is 77.1 Å². The highest BCUT2D eigenvalue weighted by molar-refractivity contribution is 5.86. The number of H-pyrrole nitrogens is 1. The lowest BCUT2D eigenvalue weighted by Gasteiger charge is -2.33. The topological polar surface area (TPSA) is 98.5 Å². The van der Waals surface area contributed by atoms with Crippen LogP contribution in [0.15, 0.2) is 43.4 Å². The molecule has 8 nitrogen and oxygen atoms in total. The molecule has 1 saturated heterocycles. The van der Waals surface area contributed by atoms with Crippen LogP contribution in [0, 0.1) is 18.3 Å². The number of nitriles is 1. The smallest absolute Gasteiger partial charge is 0.367 e. The summed E-state index contributed by atoms with van der Waals surface area (Å²) >= 11 is 0. The van der Waals surface area contributed by atoms with Gasteiger partial charge >= 0.3 is 6.18 Å². The zero-order valence-corrected chi connectivity index (χ0v) is 23.0. The van der Waals surface area contributed by atoms with Crippen molar-refractivity contribution in [3.63, 3.8) is 0 Å². The number of piperidine rings is 1. The summed E-state index contributed by atoms with van der Waals surface area (Å²) in [6, 6.07) is 8.71. The molecular weight excluding hydrogens is 529 g/mol. The molecule has 3 aromatic heterocycles. The number of hydrogen-bond acceptors (Lipinski definition) is 6. The molecule has 2 N–H and O–H groups in total. The molecule has 4 heterocycles. The molecule has 1 fully saturated rings. The molecule has 0 bridgehead atoms. The second-order valence-corrected chi connectivity index (χ2v) is 10.6. The number of alkyl halides is 3. The van der Waals surface area contributed by atoms with Crippen LogP contribution in [0.25, 0.3) is 17.0 Å². The number of aryl methyl sites for hydroxylation is 2. The fourth-order valence-electron chi connectivity index (χ4n) is 5.48. The Balaban J connectivity index is 1.23. The summed E-state index contributed by atoms with van der Waals surface area (Å²) in [4.78, 5) is 11.1. The molecule has 0 radical (unpaired) electrons. The minimum absolute atomic E-state index is 0.000312. The van der Waals surface area contributed by atoms with Crippen molar-refractivity contribution in [2.75, 3.05) is 18.4 Å². The maximum Gasteiger partial charge on any atom is 0.389 e. The van der Waals surface area contributed by atoms with Gasteiger partial charge in [-0.1, -0.05) is 12.6 Å². The first-order valence-corrected chi connectivity index (χ1v) is 13.8. The average molecular weight is 563 g/mol. The Morgan fingerprint density at radius 3 is 2.68 bits per heavy atom. The zero-order valence-electron chi connectivity index (χ0n) is 23.0. The minimum atomic E-state index is -4.17. The molecule has 1 aromatic carbocycles. The number of benzene rings is 1. The summed E-state index contributed by atoms with van der Waals surface area (Å²) in [5.41, 5.74) is 5.76. The molecule has 0 amide bonds. The number of hydrogen-bond donors (Lipinski definition) is 2. The molecular formula is C30H33F3N8. The number of aromatic amines is 1. The van der Waals surface area contributed by atoms with E-state index in [2.05, 4.69) is 62.1 Å². The first-order chi connectivity index (χ1) is 19.7. The van der Waals surface area contributed by atoms with Crippen LogP contribution in [0.1, 0.15) is 59.5 Å². The van der Waals surface area contributed by atoms with Gasteiger partial charge in [0.05, 0.1) is 12.7 Å². The van der Waals surface area contributed by atoms with Gasteiger partial charge in [-0.15, -0.1) is 0 Å². The Hall–Kier alpha value is -4.17. The highest BCUT2D eigenvalue weighted by Crippen LogP contribution is 2.29. The molecule has 214 valence electrons. The largest absolute Gasteiger partial charge is 0.389 e. The number of rotatable bonds is 10. The number of nitrogens with one attached hydrogen (secondary N) is 2. The normalized spacial score (nSPS) is 14.8. The Bertz CT molecular complexity index is 1540. The van der Waals surface area contributed by atoms with Crippen molar-refractivity contribution in [1.29, 1.82) is 5.26 Å². The fourth-order valence-corrected chi connectivity index (χ4v) is 5.48. The molecule has 0 aliphatic carbocycles. The summed E-state index contributed by atoms with van der Waals surface area (Å²) in [7, 11) is 0. The summed E-state index contributed by atoms with van der Waals surface area (Å²) in [6.45, 7) is 8.97. The van der Waals surface area contributed by atoms with Crippen molar-refractivity contribution in [1.82, 2.24) is 29.6 Å². The van der Waals surface area contributed by atoms with Crippen LogP contribution in [-0.2, 0) is 19.5 Å². The van der Waals surface area contributed by atoms with Crippen LogP contribution in [0.5, 0.6) is 0 Å². The number of nitrogens with zero attached hydrogens (tertiary/aromatic N) is 6. The monoisotopic (exact) mass is 562 g/mol. The van der Waals surface area contributed by atoms with Gasteiger partial charge in [-0.25, -0.2) is 9.97 Å². The quantitative estimate of drug-likeness (QED) is 0.247. The van der Waals surface area contributed by atoms with E-state index < -0.39 is 12.6 Å². The third kappa shape index (κ3) is 6.77. The second-order valence-electron chi connectivity index (χ2n) is 10.6. The first-order valence-electron chi connectivity index (χ1n) is 13.8. The molecule has 0 atom stereocenters. The van der Waals surface area contributed by atoms with Gasteiger partial charge in [0.2, 0.25) is 0 Å². The molecule has 0 saturated carbocycles. The van der Waals surface area contributed by atoms with Crippen LogP contribution in [-0.4, -0.2) is 54.9 Å². The van der Waals surface area contributed by atoms with E-state index in [-0.39, 0.29) is 18.9 Å². The standard InChI is InChI=1S/C30H33F3N8/c1-3-28-35-17-22(5-4-10-30(31,32)33)29(39-28)38-24-8-11-40(12-9-24)19-23-6-7-27-26(20(23)2)13-25(14-34)41(27)18-21-15-36-37-16-21/h3,6-7,13,15-17,24H,1,4-5,8-12,18-19H2,2H3,(H,36,37)(H,35,38,39). The van der Waals surface area contributed by atoms with Crippen molar-refractivity contribution in [2.45, 2.75) is 64.3 Å². The van der Waals surface area contributed by atoms with Gasteiger partial charge in [0.25, 0.3) is 0 Å². The first kappa shape index (κ1) is 28.4. The van der Waals surface area contributed by atoms with Crippen molar-refractivity contribution in [2.24, 2.45) is 0 Å². The number of aromatic nitrogens is 5. The lowest BCUT2D eigenvalue weighted by molar-refractivity contribution is -0.135. The number of anilines is 1. The maximum absolute atomic E-state index is 12.7. The predicted molar refractivity (Wildman–Crippen MR) is 152 cm³/mol. The Morgan fingerprint density at radius 1 is 1.20 bits per heavy atom. The van der Waals surface area contributed by atoms with Gasteiger partial charge in [-0.05, 0) is 61.9 Å². The number of fused-ring (bicyclic) bond motifs is 1. The van der Waals surface area contributed by atoms with Gasteiger partial charge in [-0.2, -0.15) is 23.5 Å².